The van der Waals surface area contributed by atoms with Crippen molar-refractivity contribution in [3.63, 3.8) is 0 Å². The van der Waals surface area contributed by atoms with Gasteiger partial charge in [-0.2, -0.15) is 0 Å². The minimum atomic E-state index is -1.13. The Kier molecular flexibility index (Phi) is 4.76. The first-order chi connectivity index (χ1) is 11.1. The second-order valence-corrected chi connectivity index (χ2v) is 6.12. The van der Waals surface area contributed by atoms with Gasteiger partial charge in [-0.15, -0.1) is 0 Å². The van der Waals surface area contributed by atoms with E-state index in [9.17, 15) is 9.50 Å². The summed E-state index contributed by atoms with van der Waals surface area (Å²) in [6.07, 6.45) is 0. The molecule has 0 radical (unpaired) electrons. The van der Waals surface area contributed by atoms with Crippen LogP contribution in [0.25, 0.3) is 0 Å². The van der Waals surface area contributed by atoms with Crippen LogP contribution in [-0.4, -0.2) is 36.3 Å². The third-order valence-corrected chi connectivity index (χ3v) is 4.49. The normalized spacial score (nSPS) is 20.0. The van der Waals surface area contributed by atoms with Gasteiger partial charge in [-0.05, 0) is 30.2 Å². The molecular formula is C19H22FNO2. The Bertz CT molecular complexity index is 622. The molecule has 0 amide bonds. The van der Waals surface area contributed by atoms with Crippen molar-refractivity contribution >= 4 is 0 Å². The Hall–Kier alpha value is -1.75. The molecule has 23 heavy (non-hydrogen) atoms. The van der Waals surface area contributed by atoms with Gasteiger partial charge in [-0.25, -0.2) is 4.39 Å². The number of benzene rings is 2. The highest BCUT2D eigenvalue weighted by molar-refractivity contribution is 5.30. The number of halogens is 1. The number of aliphatic hydroxyl groups is 1. The van der Waals surface area contributed by atoms with Crippen LogP contribution in [0.15, 0.2) is 54.6 Å². The lowest BCUT2D eigenvalue weighted by Crippen LogP contribution is -2.47. The van der Waals surface area contributed by atoms with Crippen LogP contribution in [0.4, 0.5) is 4.39 Å². The van der Waals surface area contributed by atoms with E-state index in [-0.39, 0.29) is 11.9 Å². The second-order valence-electron chi connectivity index (χ2n) is 6.12. The average Bonchev–Trinajstić information content (AvgIpc) is 2.57. The van der Waals surface area contributed by atoms with E-state index in [4.69, 9.17) is 4.74 Å². The highest BCUT2D eigenvalue weighted by atomic mass is 19.1. The second kappa shape index (κ2) is 6.79. The van der Waals surface area contributed by atoms with Gasteiger partial charge in [-0.3, -0.25) is 4.90 Å². The molecule has 1 N–H and O–H groups in total. The molecule has 3 nitrogen and oxygen atoms in total. The zero-order chi connectivity index (χ0) is 16.3. The third-order valence-electron chi connectivity index (χ3n) is 4.49. The lowest BCUT2D eigenvalue weighted by Gasteiger charge is -2.43. The van der Waals surface area contributed by atoms with Crippen LogP contribution in [0.3, 0.4) is 0 Å². The summed E-state index contributed by atoms with van der Waals surface area (Å²) in [6, 6.07) is 15.9. The molecule has 1 aliphatic heterocycles. The summed E-state index contributed by atoms with van der Waals surface area (Å²) in [4.78, 5) is 2.24. The molecule has 4 heteroatoms. The zero-order valence-electron chi connectivity index (χ0n) is 13.3. The number of hydrogen-bond acceptors (Lipinski definition) is 3. The molecule has 0 bridgehead atoms. The van der Waals surface area contributed by atoms with E-state index in [1.807, 2.05) is 30.3 Å². The van der Waals surface area contributed by atoms with E-state index in [0.29, 0.717) is 18.8 Å². The first-order valence-corrected chi connectivity index (χ1v) is 7.94. The van der Waals surface area contributed by atoms with E-state index in [2.05, 4.69) is 4.90 Å². The number of rotatable bonds is 4. The number of ether oxygens (including phenoxy) is 1. The highest BCUT2D eigenvalue weighted by Crippen LogP contribution is 2.39. The summed E-state index contributed by atoms with van der Waals surface area (Å²) in [5.74, 6) is -0.299. The fraction of sp³-hybridized carbons (Fsp3) is 0.368. The molecule has 2 aromatic rings. The molecule has 0 aromatic heterocycles. The molecule has 0 unspecified atom stereocenters. The molecule has 2 atom stereocenters. The molecule has 1 fully saturated rings. The van der Waals surface area contributed by atoms with Crippen LogP contribution in [-0.2, 0) is 10.3 Å². The summed E-state index contributed by atoms with van der Waals surface area (Å²) in [6.45, 7) is 4.63. The van der Waals surface area contributed by atoms with Crippen molar-refractivity contribution in [2.45, 2.75) is 18.6 Å². The van der Waals surface area contributed by atoms with E-state index in [1.165, 1.54) is 12.1 Å². The Morgan fingerprint density at radius 1 is 1.04 bits per heavy atom. The molecule has 0 saturated carbocycles. The van der Waals surface area contributed by atoms with Crippen molar-refractivity contribution in [1.29, 1.82) is 0 Å². The van der Waals surface area contributed by atoms with Crippen LogP contribution in [0.5, 0.6) is 0 Å². The van der Waals surface area contributed by atoms with Gasteiger partial charge in [0.05, 0.1) is 19.3 Å². The van der Waals surface area contributed by atoms with Gasteiger partial charge < -0.3 is 9.84 Å². The SMILES string of the molecule is C[C@](O)(c1ccc(F)cc1)[C@H](c1ccccc1)N1CCOCC1. The van der Waals surface area contributed by atoms with Gasteiger partial charge in [0.25, 0.3) is 0 Å². The van der Waals surface area contributed by atoms with Gasteiger partial charge in [0.2, 0.25) is 0 Å². The highest BCUT2D eigenvalue weighted by Gasteiger charge is 2.39. The fourth-order valence-corrected chi connectivity index (χ4v) is 3.31. The first kappa shape index (κ1) is 16.1. The maximum absolute atomic E-state index is 13.2. The minimum absolute atomic E-state index is 0.210. The smallest absolute Gasteiger partial charge is 0.123 e. The Balaban J connectivity index is 2.00. The summed E-state index contributed by atoms with van der Waals surface area (Å²) in [5, 5.41) is 11.3. The van der Waals surface area contributed by atoms with E-state index < -0.39 is 5.60 Å². The lowest BCUT2D eigenvalue weighted by molar-refractivity contribution is -0.0738. The van der Waals surface area contributed by atoms with Gasteiger partial charge in [0.1, 0.15) is 11.4 Å². The van der Waals surface area contributed by atoms with Crippen LogP contribution >= 0.6 is 0 Å². The van der Waals surface area contributed by atoms with Gasteiger partial charge in [0.15, 0.2) is 0 Å². The molecular weight excluding hydrogens is 293 g/mol. The largest absolute Gasteiger partial charge is 0.383 e. The number of morpholine rings is 1. The fourth-order valence-electron chi connectivity index (χ4n) is 3.31. The summed E-state index contributed by atoms with van der Waals surface area (Å²) in [5.41, 5.74) is 0.620. The van der Waals surface area contributed by atoms with Crippen molar-refractivity contribution in [3.05, 3.63) is 71.5 Å². The molecule has 122 valence electrons. The van der Waals surface area contributed by atoms with Crippen molar-refractivity contribution < 1.29 is 14.2 Å². The van der Waals surface area contributed by atoms with E-state index in [1.54, 1.807) is 19.1 Å². The minimum Gasteiger partial charge on any atom is -0.383 e. The Morgan fingerprint density at radius 3 is 2.26 bits per heavy atom. The van der Waals surface area contributed by atoms with Gasteiger partial charge in [0, 0.05) is 13.1 Å². The Morgan fingerprint density at radius 2 is 1.65 bits per heavy atom. The van der Waals surface area contributed by atoms with Crippen molar-refractivity contribution in [3.8, 4) is 0 Å². The van der Waals surface area contributed by atoms with Crippen molar-refractivity contribution in [2.75, 3.05) is 26.3 Å². The van der Waals surface area contributed by atoms with Crippen molar-refractivity contribution in [2.24, 2.45) is 0 Å². The third kappa shape index (κ3) is 3.44. The van der Waals surface area contributed by atoms with Crippen molar-refractivity contribution in [1.82, 2.24) is 4.90 Å². The van der Waals surface area contributed by atoms with E-state index in [0.717, 1.165) is 18.7 Å². The summed E-state index contributed by atoms with van der Waals surface area (Å²) >= 11 is 0. The predicted octanol–water partition coefficient (Wildman–Crippen LogP) is 3.11. The molecule has 2 aromatic carbocycles. The molecule has 0 aliphatic carbocycles. The summed E-state index contributed by atoms with van der Waals surface area (Å²) < 4.78 is 18.7. The Labute approximate surface area is 136 Å². The standard InChI is InChI=1S/C19H22FNO2/c1-19(22,16-7-9-17(20)10-8-16)18(15-5-3-2-4-6-15)21-11-13-23-14-12-21/h2-10,18,22H,11-14H2,1H3/t18-,19-/m0/s1. The maximum Gasteiger partial charge on any atom is 0.123 e. The van der Waals surface area contributed by atoms with Crippen LogP contribution in [0, 0.1) is 5.82 Å². The average molecular weight is 315 g/mol. The molecule has 3 rings (SSSR count). The number of hydrogen-bond donors (Lipinski definition) is 1. The quantitative estimate of drug-likeness (QED) is 0.941. The zero-order valence-corrected chi connectivity index (χ0v) is 13.3. The topological polar surface area (TPSA) is 32.7 Å². The predicted molar refractivity (Wildman–Crippen MR) is 87.5 cm³/mol. The van der Waals surface area contributed by atoms with Gasteiger partial charge in [-0.1, -0.05) is 42.5 Å². The van der Waals surface area contributed by atoms with E-state index >= 15 is 0 Å². The van der Waals surface area contributed by atoms with Crippen LogP contribution < -0.4 is 0 Å². The maximum atomic E-state index is 13.2. The van der Waals surface area contributed by atoms with Gasteiger partial charge >= 0.3 is 0 Å². The van der Waals surface area contributed by atoms with Crippen LogP contribution in [0.1, 0.15) is 24.1 Å². The van der Waals surface area contributed by atoms with Crippen LogP contribution in [0.2, 0.25) is 0 Å². The first-order valence-electron chi connectivity index (χ1n) is 7.94. The lowest BCUT2D eigenvalue weighted by atomic mass is 9.83. The number of nitrogens with zero attached hydrogens (tertiary/aromatic N) is 1. The molecule has 1 aliphatic rings. The molecule has 0 spiro atoms. The molecule has 1 saturated heterocycles. The molecule has 1 heterocycles. The summed E-state index contributed by atoms with van der Waals surface area (Å²) in [7, 11) is 0. The monoisotopic (exact) mass is 315 g/mol.